The fourth-order valence-corrected chi connectivity index (χ4v) is 2.82. The summed E-state index contributed by atoms with van der Waals surface area (Å²) < 4.78 is 0. The van der Waals surface area contributed by atoms with Crippen molar-refractivity contribution in [2.75, 3.05) is 5.32 Å². The van der Waals surface area contributed by atoms with E-state index in [4.69, 9.17) is 0 Å². The van der Waals surface area contributed by atoms with Gasteiger partial charge in [-0.1, -0.05) is 66.7 Å². The minimum atomic E-state index is -0.325. The average Bonchev–Trinajstić information content (AvgIpc) is 2.60. The van der Waals surface area contributed by atoms with Gasteiger partial charge < -0.3 is 5.32 Å². The molecule has 0 aliphatic rings. The largest absolute Gasteiger partial charge is 0.325 e. The fraction of sp³-hybridized carbons (Fsp3) is 0.136. The Morgan fingerprint density at radius 2 is 1.29 bits per heavy atom. The van der Waals surface area contributed by atoms with E-state index in [0.29, 0.717) is 0 Å². The number of rotatable bonds is 4. The van der Waals surface area contributed by atoms with Gasteiger partial charge >= 0.3 is 0 Å². The van der Waals surface area contributed by atoms with Crippen LogP contribution in [0, 0.1) is 13.8 Å². The maximum absolute atomic E-state index is 13.0. The van der Waals surface area contributed by atoms with Gasteiger partial charge in [-0.2, -0.15) is 0 Å². The molecule has 0 saturated heterocycles. The summed E-state index contributed by atoms with van der Waals surface area (Å²) in [5.41, 5.74) is 5.20. The second-order valence-corrected chi connectivity index (χ2v) is 6.04. The van der Waals surface area contributed by atoms with Crippen molar-refractivity contribution in [2.45, 2.75) is 19.8 Å². The lowest BCUT2D eigenvalue weighted by molar-refractivity contribution is -0.116. The van der Waals surface area contributed by atoms with Crippen molar-refractivity contribution in [3.63, 3.8) is 0 Å². The summed E-state index contributed by atoms with van der Waals surface area (Å²) >= 11 is 0. The van der Waals surface area contributed by atoms with Gasteiger partial charge in [-0.15, -0.1) is 0 Å². The maximum atomic E-state index is 13.0. The zero-order valence-electron chi connectivity index (χ0n) is 14.0. The molecule has 0 heterocycles. The highest BCUT2D eigenvalue weighted by atomic mass is 16.1. The van der Waals surface area contributed by atoms with Crippen molar-refractivity contribution in [2.24, 2.45) is 0 Å². The minimum absolute atomic E-state index is 0.0179. The third-order valence-corrected chi connectivity index (χ3v) is 4.30. The number of nitrogens with one attached hydrogen (secondary N) is 1. The first-order valence-corrected chi connectivity index (χ1v) is 8.13. The predicted molar refractivity (Wildman–Crippen MR) is 99.3 cm³/mol. The van der Waals surface area contributed by atoms with Gasteiger partial charge in [-0.3, -0.25) is 4.79 Å². The summed E-state index contributed by atoms with van der Waals surface area (Å²) in [6, 6.07) is 25.8. The van der Waals surface area contributed by atoms with E-state index in [0.717, 1.165) is 16.8 Å². The van der Waals surface area contributed by atoms with Crippen LogP contribution in [0.15, 0.2) is 78.9 Å². The third-order valence-electron chi connectivity index (χ3n) is 4.30. The highest BCUT2D eigenvalue weighted by Gasteiger charge is 2.22. The number of carbonyl (C=O) groups is 1. The molecule has 1 amide bonds. The third kappa shape index (κ3) is 3.54. The van der Waals surface area contributed by atoms with Crippen LogP contribution in [0.25, 0.3) is 0 Å². The summed E-state index contributed by atoms with van der Waals surface area (Å²) in [7, 11) is 0. The van der Waals surface area contributed by atoms with E-state index in [9.17, 15) is 4.79 Å². The Bertz CT molecular complexity index is 786. The van der Waals surface area contributed by atoms with Crippen LogP contribution < -0.4 is 5.32 Å². The smallest absolute Gasteiger partial charge is 0.236 e. The molecule has 3 rings (SSSR count). The molecule has 1 N–H and O–H groups in total. The molecule has 0 bridgehead atoms. The molecular weight excluding hydrogens is 294 g/mol. The fourth-order valence-electron chi connectivity index (χ4n) is 2.82. The number of benzene rings is 3. The molecule has 3 aromatic carbocycles. The van der Waals surface area contributed by atoms with E-state index in [-0.39, 0.29) is 11.8 Å². The Hall–Kier alpha value is -2.87. The molecule has 2 heteroatoms. The SMILES string of the molecule is Cc1ccc(NC(=O)C(c2ccccc2)c2ccccc2)cc1C. The van der Waals surface area contributed by atoms with Gasteiger partial charge in [0, 0.05) is 5.69 Å². The Morgan fingerprint density at radius 3 is 1.79 bits per heavy atom. The molecule has 0 unspecified atom stereocenters. The molecule has 0 fully saturated rings. The normalized spacial score (nSPS) is 10.6. The lowest BCUT2D eigenvalue weighted by atomic mass is 9.90. The average molecular weight is 315 g/mol. The van der Waals surface area contributed by atoms with Gasteiger partial charge in [0.05, 0.1) is 5.92 Å². The molecular formula is C22H21NO. The zero-order chi connectivity index (χ0) is 16.9. The van der Waals surface area contributed by atoms with E-state index in [1.807, 2.05) is 78.9 Å². The van der Waals surface area contributed by atoms with Crippen LogP contribution in [-0.2, 0) is 4.79 Å². The summed E-state index contributed by atoms with van der Waals surface area (Å²) in [5.74, 6) is -0.343. The van der Waals surface area contributed by atoms with E-state index >= 15 is 0 Å². The second kappa shape index (κ2) is 7.14. The molecule has 120 valence electrons. The molecule has 0 atom stereocenters. The Balaban J connectivity index is 1.93. The van der Waals surface area contributed by atoms with E-state index in [1.165, 1.54) is 11.1 Å². The van der Waals surface area contributed by atoms with Crippen LogP contribution in [-0.4, -0.2) is 5.91 Å². The predicted octanol–water partition coefficient (Wildman–Crippen LogP) is 5.07. The van der Waals surface area contributed by atoms with E-state index < -0.39 is 0 Å². The van der Waals surface area contributed by atoms with Crippen LogP contribution >= 0.6 is 0 Å². The summed E-state index contributed by atoms with van der Waals surface area (Å²) in [5, 5.41) is 3.07. The number of hydrogen-bond acceptors (Lipinski definition) is 1. The van der Waals surface area contributed by atoms with Crippen molar-refractivity contribution < 1.29 is 4.79 Å². The first-order chi connectivity index (χ1) is 11.6. The van der Waals surface area contributed by atoms with E-state index in [2.05, 4.69) is 19.2 Å². The minimum Gasteiger partial charge on any atom is -0.325 e. The van der Waals surface area contributed by atoms with Crippen LogP contribution in [0.4, 0.5) is 5.69 Å². The highest BCUT2D eigenvalue weighted by Crippen LogP contribution is 2.26. The van der Waals surface area contributed by atoms with Gasteiger partial charge in [0.1, 0.15) is 0 Å². The number of aryl methyl sites for hydroxylation is 2. The second-order valence-electron chi connectivity index (χ2n) is 6.04. The van der Waals surface area contributed by atoms with Crippen molar-refractivity contribution >= 4 is 11.6 Å². The first kappa shape index (κ1) is 16.0. The van der Waals surface area contributed by atoms with Crippen molar-refractivity contribution in [3.8, 4) is 0 Å². The van der Waals surface area contributed by atoms with Gasteiger partial charge in [-0.25, -0.2) is 0 Å². The number of anilines is 1. The maximum Gasteiger partial charge on any atom is 0.236 e. The van der Waals surface area contributed by atoms with Gasteiger partial charge in [-0.05, 0) is 48.2 Å². The van der Waals surface area contributed by atoms with Gasteiger partial charge in [0.15, 0.2) is 0 Å². The lowest BCUT2D eigenvalue weighted by Gasteiger charge is -2.18. The van der Waals surface area contributed by atoms with Crippen LogP contribution in [0.3, 0.4) is 0 Å². The Labute approximate surface area is 143 Å². The molecule has 0 aliphatic carbocycles. The lowest BCUT2D eigenvalue weighted by Crippen LogP contribution is -2.22. The molecule has 0 radical (unpaired) electrons. The van der Waals surface area contributed by atoms with Crippen LogP contribution in [0.1, 0.15) is 28.2 Å². The first-order valence-electron chi connectivity index (χ1n) is 8.13. The standard InChI is InChI=1S/C22H21NO/c1-16-13-14-20(15-17(16)2)23-22(24)21(18-9-5-3-6-10-18)19-11-7-4-8-12-19/h3-15,21H,1-2H3,(H,23,24). The molecule has 3 aromatic rings. The molecule has 0 saturated carbocycles. The topological polar surface area (TPSA) is 29.1 Å². The number of carbonyl (C=O) groups excluding carboxylic acids is 1. The molecule has 0 aromatic heterocycles. The van der Waals surface area contributed by atoms with Crippen molar-refractivity contribution in [3.05, 3.63) is 101 Å². The Morgan fingerprint density at radius 1 is 0.750 bits per heavy atom. The van der Waals surface area contributed by atoms with Gasteiger partial charge in [0.2, 0.25) is 5.91 Å². The van der Waals surface area contributed by atoms with Crippen molar-refractivity contribution in [1.29, 1.82) is 0 Å². The summed E-state index contributed by atoms with van der Waals surface area (Å²) in [4.78, 5) is 13.0. The van der Waals surface area contributed by atoms with Crippen molar-refractivity contribution in [1.82, 2.24) is 0 Å². The van der Waals surface area contributed by atoms with Gasteiger partial charge in [0.25, 0.3) is 0 Å². The molecule has 0 aliphatic heterocycles. The monoisotopic (exact) mass is 315 g/mol. The summed E-state index contributed by atoms with van der Waals surface area (Å²) in [6.45, 7) is 4.12. The molecule has 24 heavy (non-hydrogen) atoms. The molecule has 2 nitrogen and oxygen atoms in total. The van der Waals surface area contributed by atoms with Crippen LogP contribution in [0.2, 0.25) is 0 Å². The number of amides is 1. The molecule has 0 spiro atoms. The number of hydrogen-bond donors (Lipinski definition) is 1. The summed E-state index contributed by atoms with van der Waals surface area (Å²) in [6.07, 6.45) is 0. The Kier molecular flexibility index (Phi) is 4.76. The van der Waals surface area contributed by atoms with E-state index in [1.54, 1.807) is 0 Å². The van der Waals surface area contributed by atoms with Crippen LogP contribution in [0.5, 0.6) is 0 Å². The highest BCUT2D eigenvalue weighted by molar-refractivity contribution is 5.98. The zero-order valence-corrected chi connectivity index (χ0v) is 14.0. The quantitative estimate of drug-likeness (QED) is 0.715.